The Morgan fingerprint density at radius 1 is 1.56 bits per heavy atom. The lowest BCUT2D eigenvalue weighted by atomic mass is 9.81. The molecule has 16 heavy (non-hydrogen) atoms. The van der Waals surface area contributed by atoms with Gasteiger partial charge >= 0.3 is 5.97 Å². The van der Waals surface area contributed by atoms with Gasteiger partial charge in [-0.15, -0.1) is 0 Å². The molecule has 0 aromatic carbocycles. The largest absolute Gasteiger partial charge is 0.481 e. The van der Waals surface area contributed by atoms with Gasteiger partial charge in [-0.3, -0.25) is 9.69 Å². The number of carboxylic acids is 1. The lowest BCUT2D eigenvalue weighted by Gasteiger charge is -2.38. The fourth-order valence-electron chi connectivity index (χ4n) is 2.26. The van der Waals surface area contributed by atoms with E-state index in [0.29, 0.717) is 25.8 Å². The zero-order chi connectivity index (χ0) is 12.2. The number of aliphatic carboxylic acids is 1. The Kier molecular flexibility index (Phi) is 4.74. The molecule has 0 aromatic rings. The normalized spacial score (nSPS) is 26.3. The summed E-state index contributed by atoms with van der Waals surface area (Å²) in [4.78, 5) is 13.6. The number of hydrogen-bond donors (Lipinski definition) is 1. The van der Waals surface area contributed by atoms with Gasteiger partial charge in [-0.05, 0) is 33.2 Å². The molecule has 1 aliphatic heterocycles. The van der Waals surface area contributed by atoms with Gasteiger partial charge in [0.15, 0.2) is 0 Å². The van der Waals surface area contributed by atoms with Crippen LogP contribution in [0.3, 0.4) is 0 Å². The van der Waals surface area contributed by atoms with Crippen LogP contribution in [0.25, 0.3) is 0 Å². The highest BCUT2D eigenvalue weighted by atomic mass is 16.5. The smallest absolute Gasteiger partial charge is 0.313 e. The Hall–Kier alpha value is -0.610. The number of nitrogens with zero attached hydrogens (tertiary/aromatic N) is 1. The molecular formula is C12H23NO3. The Balaban J connectivity index is 2.73. The van der Waals surface area contributed by atoms with Crippen LogP contribution >= 0.6 is 0 Å². The predicted octanol–water partition coefficient (Wildman–Crippen LogP) is 1.60. The summed E-state index contributed by atoms with van der Waals surface area (Å²) in [5.41, 5.74) is -0.696. The third-order valence-corrected chi connectivity index (χ3v) is 3.42. The average molecular weight is 229 g/mol. The second-order valence-electron chi connectivity index (χ2n) is 4.90. The molecule has 1 heterocycles. The molecule has 0 radical (unpaired) electrons. The molecule has 4 heteroatoms. The van der Waals surface area contributed by atoms with E-state index in [4.69, 9.17) is 4.74 Å². The van der Waals surface area contributed by atoms with Crippen LogP contribution in [0.2, 0.25) is 0 Å². The molecule has 0 aromatic heterocycles. The maximum atomic E-state index is 11.4. The van der Waals surface area contributed by atoms with Crippen LogP contribution in [0.15, 0.2) is 0 Å². The molecule has 0 saturated carbocycles. The van der Waals surface area contributed by atoms with Crippen molar-refractivity contribution in [3.8, 4) is 0 Å². The average Bonchev–Trinajstić information content (AvgIpc) is 2.26. The zero-order valence-electron chi connectivity index (χ0n) is 10.5. The molecule has 1 atom stereocenters. The lowest BCUT2D eigenvalue weighted by Crippen LogP contribution is -2.50. The van der Waals surface area contributed by atoms with Gasteiger partial charge in [0.25, 0.3) is 0 Å². The Morgan fingerprint density at radius 3 is 2.62 bits per heavy atom. The topological polar surface area (TPSA) is 49.8 Å². The summed E-state index contributed by atoms with van der Waals surface area (Å²) in [6, 6.07) is 0.378. The third kappa shape index (κ3) is 2.95. The van der Waals surface area contributed by atoms with Gasteiger partial charge in [0, 0.05) is 19.2 Å². The molecule has 1 rings (SSSR count). The molecule has 0 aliphatic carbocycles. The van der Waals surface area contributed by atoms with Gasteiger partial charge in [0.05, 0.1) is 6.61 Å². The van der Waals surface area contributed by atoms with E-state index < -0.39 is 11.4 Å². The fourth-order valence-corrected chi connectivity index (χ4v) is 2.26. The summed E-state index contributed by atoms with van der Waals surface area (Å²) in [6.07, 6.45) is 1.58. The number of rotatable bonds is 5. The van der Waals surface area contributed by atoms with E-state index in [2.05, 4.69) is 25.7 Å². The molecule has 0 amide bonds. The Morgan fingerprint density at radius 2 is 2.25 bits per heavy atom. The second-order valence-corrected chi connectivity index (χ2v) is 4.90. The highest BCUT2D eigenvalue weighted by Crippen LogP contribution is 2.30. The Labute approximate surface area is 97.6 Å². The first-order valence-corrected chi connectivity index (χ1v) is 6.07. The van der Waals surface area contributed by atoms with Gasteiger partial charge in [0.2, 0.25) is 0 Å². The van der Waals surface area contributed by atoms with Crippen LogP contribution in [0.4, 0.5) is 0 Å². The molecule has 1 aliphatic rings. The van der Waals surface area contributed by atoms with Crippen LogP contribution in [0, 0.1) is 5.41 Å². The number of hydrogen-bond acceptors (Lipinski definition) is 3. The standard InChI is InChI=1S/C12H23NO3/c1-4-13(10(2)3)8-12(11(14)15)6-5-7-16-9-12/h10H,4-9H2,1-3H3,(H,14,15). The van der Waals surface area contributed by atoms with Crippen molar-refractivity contribution in [3.63, 3.8) is 0 Å². The highest BCUT2D eigenvalue weighted by Gasteiger charge is 2.42. The first-order chi connectivity index (χ1) is 7.52. The summed E-state index contributed by atoms with van der Waals surface area (Å²) >= 11 is 0. The van der Waals surface area contributed by atoms with Crippen molar-refractivity contribution in [2.45, 2.75) is 39.7 Å². The molecule has 1 N–H and O–H groups in total. The van der Waals surface area contributed by atoms with Crippen molar-refractivity contribution in [2.75, 3.05) is 26.3 Å². The SMILES string of the molecule is CCN(CC1(C(=O)O)CCCOC1)C(C)C. The summed E-state index contributed by atoms with van der Waals surface area (Å²) in [5.74, 6) is -0.716. The molecule has 94 valence electrons. The first kappa shape index (κ1) is 13.5. The van der Waals surface area contributed by atoms with Crippen LogP contribution in [-0.4, -0.2) is 48.3 Å². The van der Waals surface area contributed by atoms with Gasteiger partial charge in [0.1, 0.15) is 5.41 Å². The number of carboxylic acid groups (broad SMARTS) is 1. The first-order valence-electron chi connectivity index (χ1n) is 6.07. The van der Waals surface area contributed by atoms with Crippen molar-refractivity contribution >= 4 is 5.97 Å². The van der Waals surface area contributed by atoms with E-state index in [0.717, 1.165) is 19.4 Å². The minimum atomic E-state index is -0.716. The predicted molar refractivity (Wildman–Crippen MR) is 62.5 cm³/mol. The molecule has 1 fully saturated rings. The Bertz CT molecular complexity index is 234. The summed E-state index contributed by atoms with van der Waals surface area (Å²) in [6.45, 7) is 8.79. The maximum absolute atomic E-state index is 11.4. The van der Waals surface area contributed by atoms with E-state index in [1.807, 2.05) is 0 Å². The van der Waals surface area contributed by atoms with E-state index in [1.54, 1.807) is 0 Å². The van der Waals surface area contributed by atoms with Crippen LogP contribution < -0.4 is 0 Å². The van der Waals surface area contributed by atoms with Gasteiger partial charge in [-0.25, -0.2) is 0 Å². The monoisotopic (exact) mass is 229 g/mol. The molecule has 0 bridgehead atoms. The van der Waals surface area contributed by atoms with Crippen molar-refractivity contribution < 1.29 is 14.6 Å². The molecular weight excluding hydrogens is 206 g/mol. The molecule has 4 nitrogen and oxygen atoms in total. The van der Waals surface area contributed by atoms with E-state index >= 15 is 0 Å². The maximum Gasteiger partial charge on any atom is 0.313 e. The zero-order valence-corrected chi connectivity index (χ0v) is 10.5. The summed E-state index contributed by atoms with van der Waals surface area (Å²) in [5, 5.41) is 9.41. The fraction of sp³-hybridized carbons (Fsp3) is 0.917. The number of carbonyl (C=O) groups is 1. The minimum Gasteiger partial charge on any atom is -0.481 e. The van der Waals surface area contributed by atoms with E-state index in [9.17, 15) is 9.90 Å². The second kappa shape index (κ2) is 5.64. The lowest BCUT2D eigenvalue weighted by molar-refractivity contribution is -0.159. The van der Waals surface area contributed by atoms with Crippen molar-refractivity contribution in [1.82, 2.24) is 4.90 Å². The quantitative estimate of drug-likeness (QED) is 0.778. The van der Waals surface area contributed by atoms with Crippen molar-refractivity contribution in [3.05, 3.63) is 0 Å². The summed E-state index contributed by atoms with van der Waals surface area (Å²) in [7, 11) is 0. The van der Waals surface area contributed by atoms with Crippen LogP contribution in [0.1, 0.15) is 33.6 Å². The molecule has 1 saturated heterocycles. The van der Waals surface area contributed by atoms with E-state index in [1.165, 1.54) is 0 Å². The molecule has 1 unspecified atom stereocenters. The van der Waals surface area contributed by atoms with E-state index in [-0.39, 0.29) is 0 Å². The molecule has 0 spiro atoms. The third-order valence-electron chi connectivity index (χ3n) is 3.42. The number of ether oxygens (including phenoxy) is 1. The summed E-state index contributed by atoms with van der Waals surface area (Å²) < 4.78 is 5.36. The van der Waals surface area contributed by atoms with Crippen LogP contribution in [0.5, 0.6) is 0 Å². The van der Waals surface area contributed by atoms with Gasteiger partial charge < -0.3 is 9.84 Å². The van der Waals surface area contributed by atoms with Gasteiger partial charge in [-0.2, -0.15) is 0 Å². The van der Waals surface area contributed by atoms with Crippen LogP contribution in [-0.2, 0) is 9.53 Å². The van der Waals surface area contributed by atoms with Crippen molar-refractivity contribution in [1.29, 1.82) is 0 Å². The minimum absolute atomic E-state index is 0.353. The van der Waals surface area contributed by atoms with Crippen molar-refractivity contribution in [2.24, 2.45) is 5.41 Å². The highest BCUT2D eigenvalue weighted by molar-refractivity contribution is 5.75. The van der Waals surface area contributed by atoms with Gasteiger partial charge in [-0.1, -0.05) is 6.92 Å².